The van der Waals surface area contributed by atoms with E-state index in [0.29, 0.717) is 25.9 Å². The van der Waals surface area contributed by atoms with Crippen molar-refractivity contribution in [1.29, 1.82) is 5.26 Å². The van der Waals surface area contributed by atoms with Crippen LogP contribution < -0.4 is 5.56 Å². The van der Waals surface area contributed by atoms with E-state index in [0.717, 1.165) is 22.0 Å². The molecule has 0 saturated heterocycles. The number of alkyl halides is 3. The molecule has 11 heteroatoms. The Balaban J connectivity index is 1.90. The molecule has 0 unspecified atom stereocenters. The normalized spacial score (nSPS) is 11.9. The summed E-state index contributed by atoms with van der Waals surface area (Å²) < 4.78 is 67.2. The number of aromatic nitrogens is 1. The Morgan fingerprint density at radius 3 is 2.32 bits per heavy atom. The van der Waals surface area contributed by atoms with E-state index < -0.39 is 32.7 Å². The number of rotatable bonds is 6. The first-order valence-electron chi connectivity index (χ1n) is 10.9. The lowest BCUT2D eigenvalue weighted by Gasteiger charge is -2.17. The van der Waals surface area contributed by atoms with Crippen LogP contribution in [-0.2, 0) is 22.6 Å². The summed E-state index contributed by atoms with van der Waals surface area (Å²) in [6, 6.07) is 18.2. The molecule has 2 aromatic heterocycles. The fourth-order valence-corrected chi connectivity index (χ4v) is 5.83. The Labute approximate surface area is 219 Å². The number of sulfone groups is 1. The minimum Gasteiger partial charge on any atom is -0.302 e. The van der Waals surface area contributed by atoms with E-state index >= 15 is 0 Å². The zero-order valence-electron chi connectivity index (χ0n) is 19.2. The Hall–Kier alpha value is -3.39. The molecule has 0 amide bonds. The number of benzene rings is 2. The molecule has 5 nitrogen and oxygen atoms in total. The summed E-state index contributed by atoms with van der Waals surface area (Å²) in [5.74, 6) is -0.0748. The van der Waals surface area contributed by atoms with Crippen LogP contribution in [0.25, 0.3) is 21.0 Å². The zero-order valence-corrected chi connectivity index (χ0v) is 21.6. The van der Waals surface area contributed by atoms with Gasteiger partial charge in [-0.15, -0.1) is 11.3 Å². The van der Waals surface area contributed by atoms with Crippen LogP contribution in [0.1, 0.15) is 23.6 Å². The van der Waals surface area contributed by atoms with Crippen molar-refractivity contribution >= 4 is 32.8 Å². The molecular formula is C26H18ClF3N2O3S2. The van der Waals surface area contributed by atoms with Gasteiger partial charge in [0.25, 0.3) is 5.56 Å². The summed E-state index contributed by atoms with van der Waals surface area (Å²) in [6.07, 6.45) is -4.92. The molecule has 0 N–H and O–H groups in total. The highest BCUT2D eigenvalue weighted by atomic mass is 35.5. The maximum absolute atomic E-state index is 13.8. The van der Waals surface area contributed by atoms with Gasteiger partial charge in [-0.3, -0.25) is 4.79 Å². The second-order valence-electron chi connectivity index (χ2n) is 8.04. The molecule has 2 aromatic carbocycles. The van der Waals surface area contributed by atoms with Gasteiger partial charge in [0.1, 0.15) is 11.6 Å². The second kappa shape index (κ2) is 10.2. The van der Waals surface area contributed by atoms with E-state index in [1.807, 2.05) is 0 Å². The molecule has 37 heavy (non-hydrogen) atoms. The molecule has 4 rings (SSSR count). The van der Waals surface area contributed by atoms with E-state index in [1.54, 1.807) is 48.5 Å². The van der Waals surface area contributed by atoms with Crippen LogP contribution in [0.5, 0.6) is 0 Å². The van der Waals surface area contributed by atoms with Gasteiger partial charge in [-0.2, -0.15) is 18.4 Å². The van der Waals surface area contributed by atoms with E-state index in [1.165, 1.54) is 25.1 Å². The molecule has 0 saturated carbocycles. The number of pyridine rings is 1. The number of hydrogen-bond acceptors (Lipinski definition) is 5. The van der Waals surface area contributed by atoms with E-state index in [4.69, 9.17) is 11.6 Å². The van der Waals surface area contributed by atoms with Gasteiger partial charge in [0.2, 0.25) is 0 Å². The summed E-state index contributed by atoms with van der Waals surface area (Å²) in [5, 5.41) is 9.84. The topological polar surface area (TPSA) is 79.9 Å². The average molecular weight is 563 g/mol. The molecule has 0 bridgehead atoms. The lowest BCUT2D eigenvalue weighted by Crippen LogP contribution is -2.28. The van der Waals surface area contributed by atoms with Gasteiger partial charge in [-0.05, 0) is 53.6 Å². The molecule has 0 atom stereocenters. The average Bonchev–Trinajstić information content (AvgIpc) is 3.36. The third-order valence-electron chi connectivity index (χ3n) is 5.69. The predicted molar refractivity (Wildman–Crippen MR) is 137 cm³/mol. The first-order valence-corrected chi connectivity index (χ1v) is 13.7. The third kappa shape index (κ3) is 5.49. The Kier molecular flexibility index (Phi) is 7.33. The highest BCUT2D eigenvalue weighted by Gasteiger charge is 2.36. The Morgan fingerprint density at radius 2 is 1.70 bits per heavy atom. The lowest BCUT2D eigenvalue weighted by molar-refractivity contribution is -0.137. The van der Waals surface area contributed by atoms with Crippen LogP contribution >= 0.6 is 22.9 Å². The second-order valence-corrected chi connectivity index (χ2v) is 11.8. The maximum Gasteiger partial charge on any atom is 0.417 e. The van der Waals surface area contributed by atoms with Gasteiger partial charge < -0.3 is 4.57 Å². The summed E-state index contributed by atoms with van der Waals surface area (Å²) in [5.41, 5.74) is -2.20. The molecule has 0 aliphatic heterocycles. The predicted octanol–water partition coefficient (Wildman–Crippen LogP) is 6.63. The summed E-state index contributed by atoms with van der Waals surface area (Å²) >= 11 is 7.04. The standard InChI is InChI=1S/C26H18ClF3N2O3S2/c1-2-37(34,35)19-5-3-4-17(12-19)23-10-11-24(36-23)22-13-21(26(28,29)30)20(14-31)25(33)32(22)15-16-6-8-18(27)9-7-16/h3-13H,2,15H2,1H3. The number of hydrogen-bond donors (Lipinski definition) is 0. The van der Waals surface area contributed by atoms with Gasteiger partial charge in [0.05, 0.1) is 33.3 Å². The quantitative estimate of drug-likeness (QED) is 0.264. The van der Waals surface area contributed by atoms with Crippen LogP contribution in [0.3, 0.4) is 0 Å². The zero-order chi connectivity index (χ0) is 27.0. The van der Waals surface area contributed by atoms with Crippen molar-refractivity contribution in [3.05, 3.63) is 98.8 Å². The van der Waals surface area contributed by atoms with Gasteiger partial charge in [0, 0.05) is 9.90 Å². The van der Waals surface area contributed by atoms with Gasteiger partial charge in [0.15, 0.2) is 9.84 Å². The molecule has 2 heterocycles. The van der Waals surface area contributed by atoms with Crippen molar-refractivity contribution in [2.24, 2.45) is 0 Å². The van der Waals surface area contributed by atoms with E-state index in [9.17, 15) is 31.6 Å². The van der Waals surface area contributed by atoms with Crippen molar-refractivity contribution in [2.75, 3.05) is 5.75 Å². The summed E-state index contributed by atoms with van der Waals surface area (Å²) in [4.78, 5) is 14.2. The summed E-state index contributed by atoms with van der Waals surface area (Å²) in [6.45, 7) is 1.45. The van der Waals surface area contributed by atoms with Crippen LogP contribution in [0.15, 0.2) is 76.4 Å². The van der Waals surface area contributed by atoms with Crippen LogP contribution in [-0.4, -0.2) is 18.7 Å². The molecule has 0 aliphatic rings. The SMILES string of the molecule is CCS(=O)(=O)c1cccc(-c2ccc(-c3cc(C(F)(F)F)c(C#N)c(=O)n3Cc3ccc(Cl)cc3)s2)c1. The van der Waals surface area contributed by atoms with Crippen LogP contribution in [0.4, 0.5) is 13.2 Å². The smallest absolute Gasteiger partial charge is 0.302 e. The van der Waals surface area contributed by atoms with Crippen LogP contribution in [0.2, 0.25) is 5.02 Å². The first-order chi connectivity index (χ1) is 17.4. The number of halogens is 4. The summed E-state index contributed by atoms with van der Waals surface area (Å²) in [7, 11) is -3.46. The van der Waals surface area contributed by atoms with E-state index in [2.05, 4.69) is 0 Å². The molecule has 0 fully saturated rings. The molecule has 190 valence electrons. The first kappa shape index (κ1) is 26.7. The molecular weight excluding hydrogens is 545 g/mol. The van der Waals surface area contributed by atoms with Crippen molar-refractivity contribution in [3.63, 3.8) is 0 Å². The fourth-order valence-electron chi connectivity index (χ4n) is 3.75. The fraction of sp³-hybridized carbons (Fsp3) is 0.154. The maximum atomic E-state index is 13.8. The molecule has 4 aromatic rings. The number of nitrogens with zero attached hydrogens (tertiary/aromatic N) is 2. The van der Waals surface area contributed by atoms with E-state index in [-0.39, 0.29) is 22.9 Å². The van der Waals surface area contributed by atoms with Crippen molar-refractivity contribution < 1.29 is 21.6 Å². The van der Waals surface area contributed by atoms with Crippen LogP contribution in [0, 0.1) is 11.3 Å². The lowest BCUT2D eigenvalue weighted by atomic mass is 10.1. The van der Waals surface area contributed by atoms with Gasteiger partial charge in [-0.1, -0.05) is 42.8 Å². The molecule has 0 spiro atoms. The van der Waals surface area contributed by atoms with Crippen molar-refractivity contribution in [1.82, 2.24) is 4.57 Å². The third-order valence-corrected chi connectivity index (χ3v) is 8.83. The minimum absolute atomic E-state index is 0.0140. The number of nitriles is 1. The Morgan fingerprint density at radius 1 is 1.03 bits per heavy atom. The minimum atomic E-state index is -4.92. The molecule has 0 radical (unpaired) electrons. The van der Waals surface area contributed by atoms with Gasteiger partial charge in [-0.25, -0.2) is 8.42 Å². The van der Waals surface area contributed by atoms with Crippen molar-refractivity contribution in [3.8, 4) is 27.1 Å². The van der Waals surface area contributed by atoms with Gasteiger partial charge >= 0.3 is 6.18 Å². The van der Waals surface area contributed by atoms with Crippen molar-refractivity contribution in [2.45, 2.75) is 24.5 Å². The highest BCUT2D eigenvalue weighted by molar-refractivity contribution is 7.91. The number of thiophene rings is 1. The Bertz CT molecular complexity index is 1680. The largest absolute Gasteiger partial charge is 0.417 e. The molecule has 0 aliphatic carbocycles. The highest BCUT2D eigenvalue weighted by Crippen LogP contribution is 2.38. The monoisotopic (exact) mass is 562 g/mol.